The Balaban J connectivity index is 2.55. The van der Waals surface area contributed by atoms with Crippen LogP contribution in [0.4, 0.5) is 22.0 Å². The van der Waals surface area contributed by atoms with Gasteiger partial charge in [-0.1, -0.05) is 12.1 Å². The van der Waals surface area contributed by atoms with Crippen molar-refractivity contribution in [3.63, 3.8) is 0 Å². The third-order valence-corrected chi connectivity index (χ3v) is 2.35. The number of hydrogen-bond acceptors (Lipinski definition) is 3. The number of hydrazine groups is 1. The van der Waals surface area contributed by atoms with Gasteiger partial charge in [0.05, 0.1) is 12.6 Å². The van der Waals surface area contributed by atoms with Crippen LogP contribution in [0.25, 0.3) is 0 Å². The Morgan fingerprint density at radius 2 is 2.00 bits per heavy atom. The first kappa shape index (κ1) is 15.8. The van der Waals surface area contributed by atoms with Gasteiger partial charge in [-0.05, 0) is 17.7 Å². The fraction of sp³-hybridized carbons (Fsp3) is 0.455. The third kappa shape index (κ3) is 4.73. The number of benzene rings is 1. The summed E-state index contributed by atoms with van der Waals surface area (Å²) in [6, 6.07) is 4.47. The van der Waals surface area contributed by atoms with Crippen molar-refractivity contribution in [3.05, 3.63) is 35.6 Å². The van der Waals surface area contributed by atoms with Crippen LogP contribution < -0.4 is 11.3 Å². The van der Waals surface area contributed by atoms with E-state index >= 15 is 0 Å². The Labute approximate surface area is 106 Å². The average Bonchev–Trinajstić information content (AvgIpc) is 2.34. The van der Waals surface area contributed by atoms with Crippen molar-refractivity contribution in [2.24, 2.45) is 5.84 Å². The summed E-state index contributed by atoms with van der Waals surface area (Å²) in [5.74, 6) is 0.423. The molecule has 0 fully saturated rings. The molecule has 0 saturated heterocycles. The second-order valence-electron chi connectivity index (χ2n) is 3.85. The maximum absolute atomic E-state index is 13.0. The van der Waals surface area contributed by atoms with Crippen molar-refractivity contribution in [2.75, 3.05) is 13.2 Å². The van der Waals surface area contributed by atoms with E-state index in [0.717, 1.165) is 6.07 Å². The maximum atomic E-state index is 13.0. The summed E-state index contributed by atoms with van der Waals surface area (Å²) in [5.41, 5.74) is 2.60. The lowest BCUT2D eigenvalue weighted by atomic mass is 10.1. The number of rotatable bonds is 7. The van der Waals surface area contributed by atoms with Crippen molar-refractivity contribution in [1.82, 2.24) is 5.43 Å². The van der Waals surface area contributed by atoms with Gasteiger partial charge in [0.2, 0.25) is 0 Å². The van der Waals surface area contributed by atoms with Crippen LogP contribution in [0, 0.1) is 5.82 Å². The topological polar surface area (TPSA) is 47.3 Å². The lowest BCUT2D eigenvalue weighted by Gasteiger charge is -2.19. The summed E-state index contributed by atoms with van der Waals surface area (Å²) in [6.07, 6.45) is -3.80. The molecule has 0 radical (unpaired) electrons. The number of nitrogens with two attached hydrogens (primary N) is 1. The van der Waals surface area contributed by atoms with E-state index < -0.39 is 30.8 Å². The van der Waals surface area contributed by atoms with Crippen LogP contribution in [0.5, 0.6) is 0 Å². The first-order valence-electron chi connectivity index (χ1n) is 5.32. The average molecular weight is 284 g/mol. The lowest BCUT2D eigenvalue weighted by molar-refractivity contribution is -0.167. The van der Waals surface area contributed by atoms with Gasteiger partial charge in [-0.2, -0.15) is 8.78 Å². The fourth-order valence-electron chi connectivity index (χ4n) is 1.34. The minimum Gasteiger partial charge on any atom is -0.373 e. The van der Waals surface area contributed by atoms with E-state index in [1.807, 2.05) is 0 Å². The summed E-state index contributed by atoms with van der Waals surface area (Å²) in [7, 11) is 0. The van der Waals surface area contributed by atoms with Crippen LogP contribution in [0.2, 0.25) is 0 Å². The summed E-state index contributed by atoms with van der Waals surface area (Å²) < 4.78 is 66.4. The molecule has 1 aromatic rings. The zero-order valence-electron chi connectivity index (χ0n) is 9.75. The molecule has 0 bridgehead atoms. The minimum atomic E-state index is -4.22. The lowest BCUT2D eigenvalue weighted by Crippen LogP contribution is -2.36. The quantitative estimate of drug-likeness (QED) is 0.458. The molecule has 1 aromatic carbocycles. The van der Waals surface area contributed by atoms with Crippen molar-refractivity contribution in [2.45, 2.75) is 18.4 Å². The Morgan fingerprint density at radius 3 is 2.53 bits per heavy atom. The van der Waals surface area contributed by atoms with E-state index in [-0.39, 0.29) is 6.61 Å². The SMILES string of the molecule is NNC(COCC(F)(F)C(F)F)c1cccc(F)c1. The van der Waals surface area contributed by atoms with Gasteiger partial charge in [-0.15, -0.1) is 0 Å². The van der Waals surface area contributed by atoms with Gasteiger partial charge < -0.3 is 4.74 Å². The van der Waals surface area contributed by atoms with E-state index in [4.69, 9.17) is 5.84 Å². The number of hydrogen-bond donors (Lipinski definition) is 2. The molecule has 0 amide bonds. The van der Waals surface area contributed by atoms with E-state index in [1.54, 1.807) is 0 Å². The second kappa shape index (κ2) is 6.78. The Kier molecular flexibility index (Phi) is 5.64. The molecule has 3 nitrogen and oxygen atoms in total. The molecule has 108 valence electrons. The molecule has 1 atom stereocenters. The van der Waals surface area contributed by atoms with Crippen molar-refractivity contribution in [3.8, 4) is 0 Å². The highest BCUT2D eigenvalue weighted by atomic mass is 19.3. The molecule has 3 N–H and O–H groups in total. The molecule has 1 unspecified atom stereocenters. The van der Waals surface area contributed by atoms with Gasteiger partial charge in [0, 0.05) is 0 Å². The number of ether oxygens (including phenoxy) is 1. The molecular formula is C11H13F5N2O. The smallest absolute Gasteiger partial charge is 0.330 e. The fourth-order valence-corrected chi connectivity index (χ4v) is 1.34. The van der Waals surface area contributed by atoms with Gasteiger partial charge in [-0.3, -0.25) is 11.3 Å². The van der Waals surface area contributed by atoms with E-state index in [0.29, 0.717) is 5.56 Å². The Morgan fingerprint density at radius 1 is 1.32 bits per heavy atom. The Hall–Kier alpha value is -1.25. The highest BCUT2D eigenvalue weighted by Crippen LogP contribution is 2.23. The van der Waals surface area contributed by atoms with Crippen molar-refractivity contribution < 1.29 is 26.7 Å². The standard InChI is InChI=1S/C11H13F5N2O/c12-8-3-1-2-7(4-8)9(18-17)5-19-6-11(15,16)10(13)14/h1-4,9-10,18H,5-6,17H2. The summed E-state index contributed by atoms with van der Waals surface area (Å²) in [5, 5.41) is 0. The first-order valence-corrected chi connectivity index (χ1v) is 5.32. The molecular weight excluding hydrogens is 271 g/mol. The first-order chi connectivity index (χ1) is 8.86. The van der Waals surface area contributed by atoms with Crippen LogP contribution in [0.1, 0.15) is 11.6 Å². The minimum absolute atomic E-state index is 0.364. The van der Waals surface area contributed by atoms with Crippen LogP contribution >= 0.6 is 0 Å². The summed E-state index contributed by atoms with van der Waals surface area (Å²) >= 11 is 0. The van der Waals surface area contributed by atoms with Crippen molar-refractivity contribution in [1.29, 1.82) is 0 Å². The number of alkyl halides is 4. The predicted molar refractivity (Wildman–Crippen MR) is 58.2 cm³/mol. The third-order valence-electron chi connectivity index (χ3n) is 2.35. The maximum Gasteiger partial charge on any atom is 0.330 e. The summed E-state index contributed by atoms with van der Waals surface area (Å²) in [4.78, 5) is 0. The summed E-state index contributed by atoms with van der Waals surface area (Å²) in [6.45, 7) is -1.82. The van der Waals surface area contributed by atoms with E-state index in [2.05, 4.69) is 10.2 Å². The molecule has 8 heteroatoms. The molecule has 0 saturated carbocycles. The highest BCUT2D eigenvalue weighted by Gasteiger charge is 2.41. The van der Waals surface area contributed by atoms with Gasteiger partial charge in [0.25, 0.3) is 0 Å². The zero-order chi connectivity index (χ0) is 14.5. The van der Waals surface area contributed by atoms with E-state index in [1.165, 1.54) is 18.2 Å². The molecule has 0 spiro atoms. The molecule has 0 aliphatic heterocycles. The largest absolute Gasteiger partial charge is 0.373 e. The van der Waals surface area contributed by atoms with Crippen molar-refractivity contribution >= 4 is 0 Å². The molecule has 0 aromatic heterocycles. The number of halogens is 5. The Bertz CT molecular complexity index is 402. The monoisotopic (exact) mass is 284 g/mol. The van der Waals surface area contributed by atoms with Gasteiger partial charge in [0.15, 0.2) is 0 Å². The molecule has 0 aliphatic rings. The van der Waals surface area contributed by atoms with Crippen LogP contribution in [0.15, 0.2) is 24.3 Å². The molecule has 0 heterocycles. The molecule has 0 aliphatic carbocycles. The second-order valence-corrected chi connectivity index (χ2v) is 3.85. The predicted octanol–water partition coefficient (Wildman–Crippen LogP) is 2.25. The van der Waals surface area contributed by atoms with Gasteiger partial charge in [-0.25, -0.2) is 13.2 Å². The van der Waals surface area contributed by atoms with Crippen LogP contribution in [-0.2, 0) is 4.74 Å². The van der Waals surface area contributed by atoms with Gasteiger partial charge in [0.1, 0.15) is 12.4 Å². The molecule has 19 heavy (non-hydrogen) atoms. The zero-order valence-corrected chi connectivity index (χ0v) is 9.75. The molecule has 1 rings (SSSR count). The van der Waals surface area contributed by atoms with Crippen LogP contribution in [-0.4, -0.2) is 25.6 Å². The van der Waals surface area contributed by atoms with E-state index in [9.17, 15) is 22.0 Å². The van der Waals surface area contributed by atoms with Gasteiger partial charge >= 0.3 is 12.3 Å². The normalized spacial score (nSPS) is 13.8. The highest BCUT2D eigenvalue weighted by molar-refractivity contribution is 5.20. The van der Waals surface area contributed by atoms with Crippen LogP contribution in [0.3, 0.4) is 0 Å². The number of nitrogens with one attached hydrogen (secondary N) is 1.